The highest BCUT2D eigenvalue weighted by atomic mass is 16.5. The van der Waals surface area contributed by atoms with Crippen molar-refractivity contribution in [3.63, 3.8) is 0 Å². The molecule has 1 saturated heterocycles. The Hall–Kier alpha value is -2.97. The van der Waals surface area contributed by atoms with Crippen LogP contribution in [0.2, 0.25) is 0 Å². The van der Waals surface area contributed by atoms with Gasteiger partial charge in [0.05, 0.1) is 25.9 Å². The lowest BCUT2D eigenvalue weighted by Crippen LogP contribution is -3.15. The predicted octanol–water partition coefficient (Wildman–Crippen LogP) is -0.272. The number of benzene rings is 2. The number of hydrogen-bond donors (Lipinski definition) is 4. The Balaban J connectivity index is 1.35. The number of nitrogens with one attached hydrogen (secondary N) is 4. The number of fused-ring (bicyclic) bond motifs is 1. The molecule has 3 atom stereocenters. The fourth-order valence-corrected chi connectivity index (χ4v) is 3.99. The zero-order valence-electron chi connectivity index (χ0n) is 18.1. The molecule has 8 heteroatoms. The van der Waals surface area contributed by atoms with Crippen LogP contribution in [0.5, 0.6) is 0 Å². The number of quaternary nitrogens is 1. The van der Waals surface area contributed by atoms with Crippen molar-refractivity contribution in [3.05, 3.63) is 48.0 Å². The molecular weight excluding hydrogens is 396 g/mol. The number of carbonyl (C=O) groups is 3. The highest BCUT2D eigenvalue weighted by molar-refractivity contribution is 5.91. The van der Waals surface area contributed by atoms with Crippen molar-refractivity contribution in [2.45, 2.75) is 38.9 Å². The average molecular weight is 428 g/mol. The van der Waals surface area contributed by atoms with Crippen LogP contribution >= 0.6 is 0 Å². The van der Waals surface area contributed by atoms with Crippen LogP contribution in [0.25, 0.3) is 10.8 Å². The first-order valence-corrected chi connectivity index (χ1v) is 10.7. The Morgan fingerprint density at radius 1 is 0.935 bits per heavy atom. The summed E-state index contributed by atoms with van der Waals surface area (Å²) >= 11 is 0. The van der Waals surface area contributed by atoms with Gasteiger partial charge in [-0.1, -0.05) is 42.5 Å². The van der Waals surface area contributed by atoms with Gasteiger partial charge in [-0.05, 0) is 30.2 Å². The quantitative estimate of drug-likeness (QED) is 0.457. The van der Waals surface area contributed by atoms with Gasteiger partial charge in [0.2, 0.25) is 11.8 Å². The van der Waals surface area contributed by atoms with Crippen LogP contribution in [-0.2, 0) is 25.5 Å². The number of rotatable bonds is 7. The van der Waals surface area contributed by atoms with E-state index in [1.165, 1.54) is 4.90 Å². The highest BCUT2D eigenvalue weighted by Crippen LogP contribution is 2.18. The van der Waals surface area contributed by atoms with Crippen molar-refractivity contribution in [3.8, 4) is 0 Å². The summed E-state index contributed by atoms with van der Waals surface area (Å²) in [5.41, 5.74) is 5.66. The minimum absolute atomic E-state index is 0.180. The smallest absolute Gasteiger partial charge is 0.257 e. The first-order chi connectivity index (χ1) is 14.9. The molecule has 166 valence electrons. The maximum atomic E-state index is 12.2. The van der Waals surface area contributed by atoms with Crippen LogP contribution in [0.1, 0.15) is 25.8 Å². The fourth-order valence-electron chi connectivity index (χ4n) is 3.99. The van der Waals surface area contributed by atoms with E-state index in [-0.39, 0.29) is 37.0 Å². The number of hydrogen-bond acceptors (Lipinski definition) is 4. The Bertz CT molecular complexity index is 917. The van der Waals surface area contributed by atoms with Crippen molar-refractivity contribution in [1.82, 2.24) is 16.2 Å². The Morgan fingerprint density at radius 3 is 2.39 bits per heavy atom. The van der Waals surface area contributed by atoms with Gasteiger partial charge >= 0.3 is 0 Å². The zero-order valence-corrected chi connectivity index (χ0v) is 18.1. The molecule has 1 aliphatic rings. The molecule has 1 aliphatic heterocycles. The van der Waals surface area contributed by atoms with E-state index in [0.29, 0.717) is 13.0 Å². The third-order valence-electron chi connectivity index (χ3n) is 5.34. The van der Waals surface area contributed by atoms with E-state index in [1.807, 2.05) is 56.3 Å². The summed E-state index contributed by atoms with van der Waals surface area (Å²) in [5, 5.41) is 4.68. The minimum Gasteiger partial charge on any atom is -0.364 e. The minimum atomic E-state index is -0.472. The fraction of sp³-hybridized carbons (Fsp3) is 0.435. The maximum Gasteiger partial charge on any atom is 0.257 e. The topological polar surface area (TPSA) is 101 Å². The molecule has 4 N–H and O–H groups in total. The molecule has 3 amide bonds. The molecule has 0 radical (unpaired) electrons. The predicted molar refractivity (Wildman–Crippen MR) is 117 cm³/mol. The molecule has 0 aliphatic carbocycles. The van der Waals surface area contributed by atoms with Crippen molar-refractivity contribution in [1.29, 1.82) is 0 Å². The molecule has 0 saturated carbocycles. The third-order valence-corrected chi connectivity index (χ3v) is 5.34. The standard InChI is InChI=1S/C23H30N4O4/c1-16-14-27(15-17(2)31-16)11-10-21(28)25-26-23(30)13-24-22(29)12-19-8-5-7-18-6-3-4-9-20(18)19/h3-9,16-17H,10-15H2,1-2H3,(H,24,29)(H,25,28)(H,26,30)/p+1/t16-,17+. The number of morpholine rings is 1. The third kappa shape index (κ3) is 7.04. The first kappa shape index (κ1) is 22.7. The molecular formula is C23H31N4O4+. The second kappa shape index (κ2) is 10.9. The van der Waals surface area contributed by atoms with Crippen LogP contribution in [0.4, 0.5) is 0 Å². The van der Waals surface area contributed by atoms with E-state index in [1.54, 1.807) is 0 Å². The molecule has 3 rings (SSSR count). The van der Waals surface area contributed by atoms with E-state index in [0.717, 1.165) is 29.4 Å². The summed E-state index contributed by atoms with van der Waals surface area (Å²) in [5.74, 6) is -0.979. The summed E-state index contributed by atoms with van der Waals surface area (Å²) in [7, 11) is 0. The van der Waals surface area contributed by atoms with Crippen LogP contribution in [0.15, 0.2) is 42.5 Å². The largest absolute Gasteiger partial charge is 0.364 e. The van der Waals surface area contributed by atoms with Crippen molar-refractivity contribution >= 4 is 28.5 Å². The number of ether oxygens (including phenoxy) is 1. The molecule has 0 spiro atoms. The molecule has 31 heavy (non-hydrogen) atoms. The molecule has 2 aromatic carbocycles. The van der Waals surface area contributed by atoms with Crippen LogP contribution in [0, 0.1) is 0 Å². The van der Waals surface area contributed by atoms with Gasteiger partial charge in [0.15, 0.2) is 0 Å². The highest BCUT2D eigenvalue weighted by Gasteiger charge is 2.25. The zero-order chi connectivity index (χ0) is 22.2. The second-order valence-corrected chi connectivity index (χ2v) is 8.10. The molecule has 1 fully saturated rings. The van der Waals surface area contributed by atoms with Gasteiger partial charge in [0.25, 0.3) is 5.91 Å². The van der Waals surface area contributed by atoms with Gasteiger partial charge in [-0.15, -0.1) is 0 Å². The summed E-state index contributed by atoms with van der Waals surface area (Å²) < 4.78 is 5.69. The van der Waals surface area contributed by atoms with Crippen LogP contribution in [-0.4, -0.2) is 56.1 Å². The molecule has 0 aromatic heterocycles. The molecule has 2 aromatic rings. The van der Waals surface area contributed by atoms with E-state index < -0.39 is 5.91 Å². The molecule has 1 heterocycles. The number of carbonyl (C=O) groups excluding carboxylic acids is 3. The summed E-state index contributed by atoms with van der Waals surface area (Å²) in [6.45, 7) is 6.28. The molecule has 8 nitrogen and oxygen atoms in total. The maximum absolute atomic E-state index is 12.2. The van der Waals surface area contributed by atoms with E-state index in [4.69, 9.17) is 4.74 Å². The van der Waals surface area contributed by atoms with Crippen molar-refractivity contribution < 1.29 is 24.0 Å². The number of amides is 3. The SMILES string of the molecule is C[C@@H]1C[NH+](CCC(=O)NNC(=O)CNC(=O)Cc2cccc3ccccc23)C[C@H](C)O1. The Labute approximate surface area is 182 Å². The van der Waals surface area contributed by atoms with Gasteiger partial charge in [-0.3, -0.25) is 25.2 Å². The lowest BCUT2D eigenvalue weighted by molar-refractivity contribution is -0.914. The monoisotopic (exact) mass is 427 g/mol. The van der Waals surface area contributed by atoms with Crippen molar-refractivity contribution in [2.75, 3.05) is 26.2 Å². The summed E-state index contributed by atoms with van der Waals surface area (Å²) in [6, 6.07) is 13.7. The Morgan fingerprint density at radius 2 is 1.61 bits per heavy atom. The van der Waals surface area contributed by atoms with Gasteiger partial charge in [0, 0.05) is 0 Å². The second-order valence-electron chi connectivity index (χ2n) is 8.10. The lowest BCUT2D eigenvalue weighted by Gasteiger charge is -2.32. The molecule has 1 unspecified atom stereocenters. The summed E-state index contributed by atoms with van der Waals surface area (Å²) in [6.07, 6.45) is 0.848. The van der Waals surface area contributed by atoms with Gasteiger partial charge in [-0.25, -0.2) is 0 Å². The average Bonchev–Trinajstić information content (AvgIpc) is 2.74. The first-order valence-electron chi connectivity index (χ1n) is 10.7. The normalized spacial score (nSPS) is 20.8. The summed E-state index contributed by atoms with van der Waals surface area (Å²) in [4.78, 5) is 37.5. The van der Waals surface area contributed by atoms with Crippen molar-refractivity contribution in [2.24, 2.45) is 0 Å². The van der Waals surface area contributed by atoms with Crippen LogP contribution < -0.4 is 21.1 Å². The van der Waals surface area contributed by atoms with Gasteiger partial charge < -0.3 is 15.0 Å². The van der Waals surface area contributed by atoms with Crippen LogP contribution in [0.3, 0.4) is 0 Å². The Kier molecular flexibility index (Phi) is 7.97. The molecule has 0 bridgehead atoms. The van der Waals surface area contributed by atoms with Gasteiger partial charge in [-0.2, -0.15) is 0 Å². The van der Waals surface area contributed by atoms with Gasteiger partial charge in [0.1, 0.15) is 25.3 Å². The lowest BCUT2D eigenvalue weighted by atomic mass is 10.0. The van der Waals surface area contributed by atoms with E-state index >= 15 is 0 Å². The van der Waals surface area contributed by atoms with E-state index in [2.05, 4.69) is 16.2 Å². The number of hydrazine groups is 1. The van der Waals surface area contributed by atoms with E-state index in [9.17, 15) is 14.4 Å².